The zero-order valence-electron chi connectivity index (χ0n) is 16.9. The summed E-state index contributed by atoms with van der Waals surface area (Å²) in [4.78, 5) is 16.7. The van der Waals surface area contributed by atoms with Crippen molar-refractivity contribution < 1.29 is 9.53 Å². The summed E-state index contributed by atoms with van der Waals surface area (Å²) in [7, 11) is 0. The Labute approximate surface area is 167 Å². The number of aliphatic imine (C=N–C) groups is 1. The molecule has 2 aromatic rings. The van der Waals surface area contributed by atoms with Gasteiger partial charge in [-0.1, -0.05) is 30.3 Å². The van der Waals surface area contributed by atoms with Gasteiger partial charge in [0.1, 0.15) is 5.75 Å². The van der Waals surface area contributed by atoms with E-state index in [4.69, 9.17) is 4.74 Å². The number of nitrogens with one attached hydrogen (secondary N) is 3. The molecule has 0 spiro atoms. The maximum Gasteiger partial charge on any atom is 0.251 e. The molecule has 0 aliphatic carbocycles. The van der Waals surface area contributed by atoms with E-state index in [1.54, 1.807) is 12.1 Å². The van der Waals surface area contributed by atoms with E-state index in [0.29, 0.717) is 37.8 Å². The molecule has 150 valence electrons. The second-order valence-corrected chi connectivity index (χ2v) is 6.29. The van der Waals surface area contributed by atoms with Gasteiger partial charge in [0.15, 0.2) is 5.96 Å². The van der Waals surface area contributed by atoms with Crippen molar-refractivity contribution in [2.75, 3.05) is 26.2 Å². The van der Waals surface area contributed by atoms with Crippen LogP contribution in [0.3, 0.4) is 0 Å². The maximum atomic E-state index is 12.1. The molecule has 0 bridgehead atoms. The van der Waals surface area contributed by atoms with Gasteiger partial charge < -0.3 is 20.7 Å². The summed E-state index contributed by atoms with van der Waals surface area (Å²) in [6.07, 6.45) is 0. The minimum absolute atomic E-state index is 0.0784. The molecule has 1 amide bonds. The zero-order valence-corrected chi connectivity index (χ0v) is 16.9. The van der Waals surface area contributed by atoms with Gasteiger partial charge in [0, 0.05) is 30.8 Å². The number of amides is 1. The molecule has 0 aliphatic rings. The Morgan fingerprint density at radius 3 is 2.46 bits per heavy atom. The first-order valence-corrected chi connectivity index (χ1v) is 9.71. The van der Waals surface area contributed by atoms with Crippen LogP contribution in [0.15, 0.2) is 53.5 Å². The van der Waals surface area contributed by atoms with E-state index >= 15 is 0 Å². The standard InChI is InChI=1S/C22H30N4O2/c1-4-23-22(25-14-13-24-21(27)18-9-7-6-8-10-18)26-16-19-12-11-17(3)15-20(19)28-5-2/h6-12,15H,4-5,13-14,16H2,1-3H3,(H,24,27)(H2,23,25,26). The fraction of sp³-hybridized carbons (Fsp3) is 0.364. The molecule has 0 atom stereocenters. The number of rotatable bonds is 9. The predicted octanol–water partition coefficient (Wildman–Crippen LogP) is 2.88. The minimum atomic E-state index is -0.0784. The smallest absolute Gasteiger partial charge is 0.251 e. The maximum absolute atomic E-state index is 12.1. The Morgan fingerprint density at radius 1 is 1.00 bits per heavy atom. The summed E-state index contributed by atoms with van der Waals surface area (Å²) in [5.74, 6) is 1.50. The van der Waals surface area contributed by atoms with E-state index in [9.17, 15) is 4.79 Å². The van der Waals surface area contributed by atoms with E-state index in [2.05, 4.69) is 27.0 Å². The molecule has 3 N–H and O–H groups in total. The second-order valence-electron chi connectivity index (χ2n) is 6.29. The summed E-state index contributed by atoms with van der Waals surface area (Å²) in [5, 5.41) is 9.36. The van der Waals surface area contributed by atoms with Crippen LogP contribution in [0.2, 0.25) is 0 Å². The van der Waals surface area contributed by atoms with Gasteiger partial charge in [-0.05, 0) is 44.5 Å². The Bertz CT molecular complexity index is 775. The van der Waals surface area contributed by atoms with Crippen molar-refractivity contribution in [3.8, 4) is 5.75 Å². The van der Waals surface area contributed by atoms with Gasteiger partial charge in [-0.2, -0.15) is 0 Å². The van der Waals surface area contributed by atoms with Gasteiger partial charge in [0.25, 0.3) is 5.91 Å². The first-order chi connectivity index (χ1) is 13.6. The summed E-state index contributed by atoms with van der Waals surface area (Å²) in [5.41, 5.74) is 2.86. The van der Waals surface area contributed by atoms with Crippen molar-refractivity contribution in [1.82, 2.24) is 16.0 Å². The first kappa shape index (κ1) is 21.3. The van der Waals surface area contributed by atoms with Crippen LogP contribution in [0.25, 0.3) is 0 Å². The lowest BCUT2D eigenvalue weighted by Gasteiger charge is -2.13. The molecule has 2 rings (SSSR count). The highest BCUT2D eigenvalue weighted by Crippen LogP contribution is 2.21. The molecule has 6 nitrogen and oxygen atoms in total. The summed E-state index contributed by atoms with van der Waals surface area (Å²) in [6.45, 7) is 9.03. The molecule has 0 aliphatic heterocycles. The first-order valence-electron chi connectivity index (χ1n) is 9.71. The highest BCUT2D eigenvalue weighted by atomic mass is 16.5. The molecule has 0 fully saturated rings. The molecule has 0 saturated heterocycles. The van der Waals surface area contributed by atoms with Crippen molar-refractivity contribution in [2.24, 2.45) is 4.99 Å². The molecule has 0 aromatic heterocycles. The number of aryl methyl sites for hydroxylation is 1. The molecular weight excluding hydrogens is 352 g/mol. The highest BCUT2D eigenvalue weighted by molar-refractivity contribution is 5.94. The third kappa shape index (κ3) is 6.95. The largest absolute Gasteiger partial charge is 0.494 e. The van der Waals surface area contributed by atoms with Gasteiger partial charge in [0.2, 0.25) is 0 Å². The third-order valence-corrected chi connectivity index (χ3v) is 4.01. The number of hydrogen-bond acceptors (Lipinski definition) is 3. The van der Waals surface area contributed by atoms with Crippen LogP contribution in [0.4, 0.5) is 0 Å². The summed E-state index contributed by atoms with van der Waals surface area (Å²) >= 11 is 0. The number of guanidine groups is 1. The van der Waals surface area contributed by atoms with Crippen molar-refractivity contribution in [3.63, 3.8) is 0 Å². The molecule has 0 radical (unpaired) electrons. The average molecular weight is 383 g/mol. The zero-order chi connectivity index (χ0) is 20.2. The summed E-state index contributed by atoms with van der Waals surface area (Å²) < 4.78 is 5.72. The topological polar surface area (TPSA) is 74.8 Å². The number of carbonyl (C=O) groups is 1. The lowest BCUT2D eigenvalue weighted by molar-refractivity contribution is 0.0954. The van der Waals surface area contributed by atoms with Gasteiger partial charge in [-0.25, -0.2) is 4.99 Å². The van der Waals surface area contributed by atoms with Crippen molar-refractivity contribution >= 4 is 11.9 Å². The quantitative estimate of drug-likeness (QED) is 0.354. The monoisotopic (exact) mass is 382 g/mol. The molecule has 0 saturated carbocycles. The van der Waals surface area contributed by atoms with E-state index < -0.39 is 0 Å². The van der Waals surface area contributed by atoms with Crippen LogP contribution in [0.5, 0.6) is 5.75 Å². The molecule has 0 unspecified atom stereocenters. The molecule has 0 heterocycles. The lowest BCUT2D eigenvalue weighted by Crippen LogP contribution is -2.41. The Hall–Kier alpha value is -3.02. The van der Waals surface area contributed by atoms with Gasteiger partial charge in [-0.3, -0.25) is 4.79 Å². The van der Waals surface area contributed by atoms with Crippen LogP contribution < -0.4 is 20.7 Å². The SMILES string of the molecule is CCNC(=NCc1ccc(C)cc1OCC)NCCNC(=O)c1ccccc1. The minimum Gasteiger partial charge on any atom is -0.494 e. The Balaban J connectivity index is 1.88. The van der Waals surface area contributed by atoms with Crippen molar-refractivity contribution in [2.45, 2.75) is 27.3 Å². The fourth-order valence-electron chi connectivity index (χ4n) is 2.64. The van der Waals surface area contributed by atoms with Gasteiger partial charge in [-0.15, -0.1) is 0 Å². The van der Waals surface area contributed by atoms with E-state index in [-0.39, 0.29) is 5.91 Å². The Morgan fingerprint density at radius 2 is 1.75 bits per heavy atom. The number of benzene rings is 2. The Kier molecular flexibility index (Phi) is 8.85. The number of carbonyl (C=O) groups excluding carboxylic acids is 1. The van der Waals surface area contributed by atoms with Crippen LogP contribution >= 0.6 is 0 Å². The fourth-order valence-corrected chi connectivity index (χ4v) is 2.64. The van der Waals surface area contributed by atoms with E-state index in [1.807, 2.05) is 51.1 Å². The predicted molar refractivity (Wildman–Crippen MR) is 114 cm³/mol. The lowest BCUT2D eigenvalue weighted by atomic mass is 10.1. The van der Waals surface area contributed by atoms with Crippen LogP contribution in [-0.2, 0) is 6.54 Å². The van der Waals surface area contributed by atoms with Gasteiger partial charge in [0.05, 0.1) is 13.2 Å². The molecule has 28 heavy (non-hydrogen) atoms. The van der Waals surface area contributed by atoms with Crippen LogP contribution in [0, 0.1) is 6.92 Å². The van der Waals surface area contributed by atoms with Crippen LogP contribution in [0.1, 0.15) is 35.3 Å². The van der Waals surface area contributed by atoms with E-state index in [0.717, 1.165) is 23.4 Å². The molecule has 6 heteroatoms. The highest BCUT2D eigenvalue weighted by Gasteiger charge is 2.06. The van der Waals surface area contributed by atoms with Crippen LogP contribution in [-0.4, -0.2) is 38.1 Å². The third-order valence-electron chi connectivity index (χ3n) is 4.01. The molecular formula is C22H30N4O2. The van der Waals surface area contributed by atoms with E-state index in [1.165, 1.54) is 0 Å². The number of nitrogens with zero attached hydrogens (tertiary/aromatic N) is 1. The number of ether oxygens (including phenoxy) is 1. The van der Waals surface area contributed by atoms with Crippen molar-refractivity contribution in [3.05, 3.63) is 65.2 Å². The van der Waals surface area contributed by atoms with Crippen molar-refractivity contribution in [1.29, 1.82) is 0 Å². The number of hydrogen-bond donors (Lipinski definition) is 3. The normalized spacial score (nSPS) is 11.0. The van der Waals surface area contributed by atoms with Gasteiger partial charge >= 0.3 is 0 Å². The average Bonchev–Trinajstić information content (AvgIpc) is 2.71. The molecule has 2 aromatic carbocycles. The second kappa shape index (κ2) is 11.6. The summed E-state index contributed by atoms with van der Waals surface area (Å²) in [6, 6.07) is 15.3.